The number of carbonyl (C=O) groups is 2. The van der Waals surface area contributed by atoms with E-state index >= 15 is 0 Å². The highest BCUT2D eigenvalue weighted by Gasteiger charge is 2.60. The molecule has 0 radical (unpaired) electrons. The third kappa shape index (κ3) is 2.34. The average molecular weight is 472 g/mol. The topological polar surface area (TPSA) is 96.4 Å². The summed E-state index contributed by atoms with van der Waals surface area (Å²) in [5.74, 6) is -1.01. The molecule has 0 fully saturated rings. The average Bonchev–Trinajstić information content (AvgIpc) is 3.29. The number of nitrogens with zero attached hydrogens (tertiary/aromatic N) is 2. The number of hydrogen-bond donors (Lipinski definition) is 1. The van der Waals surface area contributed by atoms with E-state index in [-0.39, 0.29) is 23.1 Å². The Morgan fingerprint density at radius 3 is 2.59 bits per heavy atom. The number of aromatic nitrogens is 2. The van der Waals surface area contributed by atoms with Crippen LogP contribution in [-0.4, -0.2) is 28.6 Å². The molecule has 0 saturated carbocycles. The predicted molar refractivity (Wildman–Crippen MR) is 126 cm³/mol. The lowest BCUT2D eigenvalue weighted by Crippen LogP contribution is -2.45. The Labute approximate surface area is 199 Å². The number of nitrogens with two attached hydrogens (primary N) is 1. The van der Waals surface area contributed by atoms with E-state index in [4.69, 9.17) is 26.8 Å². The monoisotopic (exact) mass is 471 g/mol. The first-order chi connectivity index (χ1) is 16.4. The van der Waals surface area contributed by atoms with Gasteiger partial charge < -0.3 is 15.2 Å². The minimum atomic E-state index is -1.57. The molecule has 2 aliphatic rings. The van der Waals surface area contributed by atoms with Gasteiger partial charge in [-0.1, -0.05) is 60.1 Å². The molecule has 168 valence electrons. The number of carbonyl (C=O) groups excluding carboxylic acids is 2. The number of ketones is 1. The third-order valence-corrected chi connectivity index (χ3v) is 6.90. The van der Waals surface area contributed by atoms with Crippen molar-refractivity contribution in [3.63, 3.8) is 0 Å². The first kappa shape index (κ1) is 20.5. The van der Waals surface area contributed by atoms with E-state index < -0.39 is 11.4 Å². The fraction of sp³-hybridized carbons (Fsp3) is 0.115. The molecule has 0 amide bonds. The molecule has 0 bridgehead atoms. The van der Waals surface area contributed by atoms with Crippen molar-refractivity contribution in [3.8, 4) is 11.6 Å². The Kier molecular flexibility index (Phi) is 4.19. The highest BCUT2D eigenvalue weighted by Crippen LogP contribution is 2.57. The molecule has 1 unspecified atom stereocenters. The van der Waals surface area contributed by atoms with Crippen LogP contribution in [0.25, 0.3) is 16.5 Å². The SMILES string of the molecule is COC(=O)C1=C(N)Oc2c(c(C)nn2-c2ccccc2Cl)C12C(=O)c1cccc3cccc2c13. The van der Waals surface area contributed by atoms with Crippen molar-refractivity contribution in [2.24, 2.45) is 5.73 Å². The summed E-state index contributed by atoms with van der Waals surface area (Å²) in [6.45, 7) is 1.77. The van der Waals surface area contributed by atoms with Crippen LogP contribution < -0.4 is 10.5 Å². The van der Waals surface area contributed by atoms with Crippen molar-refractivity contribution in [3.05, 3.63) is 99.5 Å². The molecule has 1 aliphatic carbocycles. The van der Waals surface area contributed by atoms with Crippen LogP contribution in [0.5, 0.6) is 5.88 Å². The van der Waals surface area contributed by atoms with Crippen molar-refractivity contribution in [1.82, 2.24) is 9.78 Å². The molecule has 6 rings (SSSR count). The molecule has 1 aromatic heterocycles. The van der Waals surface area contributed by atoms with Gasteiger partial charge in [-0.3, -0.25) is 4.79 Å². The van der Waals surface area contributed by atoms with Crippen LogP contribution in [0.1, 0.15) is 27.2 Å². The Balaban J connectivity index is 1.78. The quantitative estimate of drug-likeness (QED) is 0.440. The number of para-hydroxylation sites is 1. The molecule has 0 saturated heterocycles. The van der Waals surface area contributed by atoms with Gasteiger partial charge in [-0.05, 0) is 35.4 Å². The number of fused-ring (bicyclic) bond motifs is 3. The molecular weight excluding hydrogens is 454 g/mol. The van der Waals surface area contributed by atoms with Crippen LogP contribution in [0.15, 0.2) is 72.1 Å². The molecule has 2 N–H and O–H groups in total. The number of esters is 1. The van der Waals surface area contributed by atoms with E-state index in [0.29, 0.717) is 33.1 Å². The van der Waals surface area contributed by atoms with E-state index in [9.17, 15) is 9.59 Å². The number of Topliss-reactive ketones (excluding diaryl/α,β-unsaturated/α-hetero) is 1. The normalized spacial score (nSPS) is 18.4. The van der Waals surface area contributed by atoms with Gasteiger partial charge in [0.25, 0.3) is 0 Å². The van der Waals surface area contributed by atoms with Gasteiger partial charge >= 0.3 is 5.97 Å². The Bertz CT molecular complexity index is 1600. The second kappa shape index (κ2) is 6.95. The zero-order valence-electron chi connectivity index (χ0n) is 18.3. The fourth-order valence-electron chi connectivity index (χ4n) is 5.30. The smallest absolute Gasteiger partial charge is 0.340 e. The van der Waals surface area contributed by atoms with Crippen LogP contribution in [0, 0.1) is 6.92 Å². The third-order valence-electron chi connectivity index (χ3n) is 6.59. The lowest BCUT2D eigenvalue weighted by molar-refractivity contribution is -0.137. The summed E-state index contributed by atoms with van der Waals surface area (Å²) < 4.78 is 12.6. The molecule has 34 heavy (non-hydrogen) atoms. The number of benzene rings is 3. The van der Waals surface area contributed by atoms with Gasteiger partial charge in [0, 0.05) is 5.56 Å². The van der Waals surface area contributed by atoms with Gasteiger partial charge in [-0.2, -0.15) is 9.78 Å². The Hall–Kier alpha value is -4.10. The summed E-state index contributed by atoms with van der Waals surface area (Å²) in [5, 5.41) is 6.77. The van der Waals surface area contributed by atoms with Crippen molar-refractivity contribution in [1.29, 1.82) is 0 Å². The molecule has 2 heterocycles. The molecule has 1 spiro atoms. The van der Waals surface area contributed by atoms with Gasteiger partial charge in [0.1, 0.15) is 11.0 Å². The van der Waals surface area contributed by atoms with Gasteiger partial charge in [-0.15, -0.1) is 0 Å². The van der Waals surface area contributed by atoms with E-state index in [0.717, 1.165) is 10.8 Å². The summed E-state index contributed by atoms with van der Waals surface area (Å²) in [4.78, 5) is 27.5. The lowest BCUT2D eigenvalue weighted by Gasteiger charge is -2.35. The summed E-state index contributed by atoms with van der Waals surface area (Å²) in [5.41, 5.74) is 7.38. The van der Waals surface area contributed by atoms with Crippen molar-refractivity contribution < 1.29 is 19.1 Å². The summed E-state index contributed by atoms with van der Waals surface area (Å²) in [6.07, 6.45) is 0. The fourth-order valence-corrected chi connectivity index (χ4v) is 5.52. The van der Waals surface area contributed by atoms with Crippen LogP contribution in [-0.2, 0) is 14.9 Å². The maximum absolute atomic E-state index is 14.3. The number of rotatable bonds is 2. The van der Waals surface area contributed by atoms with E-state index in [1.165, 1.54) is 11.8 Å². The minimum absolute atomic E-state index is 0.0574. The zero-order valence-corrected chi connectivity index (χ0v) is 19.0. The first-order valence-electron chi connectivity index (χ1n) is 10.6. The molecule has 8 heteroatoms. The van der Waals surface area contributed by atoms with Gasteiger partial charge in [-0.25, -0.2) is 4.79 Å². The van der Waals surface area contributed by atoms with E-state index in [1.54, 1.807) is 31.2 Å². The predicted octanol–water partition coefficient (Wildman–Crippen LogP) is 4.21. The maximum atomic E-state index is 14.3. The summed E-state index contributed by atoms with van der Waals surface area (Å²) in [7, 11) is 1.25. The lowest BCUT2D eigenvalue weighted by atomic mass is 9.67. The minimum Gasteiger partial charge on any atom is -0.465 e. The van der Waals surface area contributed by atoms with E-state index in [1.807, 2.05) is 36.4 Å². The number of methoxy groups -OCH3 is 1. The number of halogens is 1. The van der Waals surface area contributed by atoms with Crippen molar-refractivity contribution in [2.75, 3.05) is 7.11 Å². The molecule has 4 aromatic rings. The van der Waals surface area contributed by atoms with Crippen LogP contribution in [0.2, 0.25) is 5.02 Å². The highest BCUT2D eigenvalue weighted by atomic mass is 35.5. The van der Waals surface area contributed by atoms with E-state index in [2.05, 4.69) is 5.10 Å². The van der Waals surface area contributed by atoms with Crippen LogP contribution >= 0.6 is 11.6 Å². The summed E-state index contributed by atoms with van der Waals surface area (Å²) in [6, 6.07) is 18.3. The Morgan fingerprint density at radius 1 is 1.12 bits per heavy atom. The first-order valence-corrected chi connectivity index (χ1v) is 11.0. The second-order valence-electron chi connectivity index (χ2n) is 8.25. The number of ether oxygens (including phenoxy) is 2. The molecule has 1 aliphatic heterocycles. The standard InChI is InChI=1S/C26H18ClN3O4/c1-13-20-24(30(29-13)18-12-4-3-11-17(18)27)34-23(28)21(25(32)33-2)26(20)16-10-6-8-14-7-5-9-15(19(14)16)22(26)31/h3-12H,28H2,1-2H3. The van der Waals surface area contributed by atoms with Crippen LogP contribution in [0.3, 0.4) is 0 Å². The molecule has 1 atom stereocenters. The van der Waals surface area contributed by atoms with Crippen LogP contribution in [0.4, 0.5) is 0 Å². The van der Waals surface area contributed by atoms with Crippen molar-refractivity contribution >= 4 is 34.1 Å². The number of hydrogen-bond acceptors (Lipinski definition) is 6. The Morgan fingerprint density at radius 2 is 1.85 bits per heavy atom. The highest BCUT2D eigenvalue weighted by molar-refractivity contribution is 6.32. The van der Waals surface area contributed by atoms with Gasteiger partial charge in [0.05, 0.1) is 29.1 Å². The maximum Gasteiger partial charge on any atom is 0.340 e. The van der Waals surface area contributed by atoms with Gasteiger partial charge in [0.15, 0.2) is 5.78 Å². The molecular formula is C26H18ClN3O4. The summed E-state index contributed by atoms with van der Waals surface area (Å²) >= 11 is 6.47. The largest absolute Gasteiger partial charge is 0.465 e. The zero-order chi connectivity index (χ0) is 23.8. The second-order valence-corrected chi connectivity index (χ2v) is 8.66. The van der Waals surface area contributed by atoms with Crippen molar-refractivity contribution in [2.45, 2.75) is 12.3 Å². The van der Waals surface area contributed by atoms with Gasteiger partial charge in [0.2, 0.25) is 11.8 Å². The number of aryl methyl sites for hydroxylation is 1. The molecule has 3 aromatic carbocycles. The molecule has 7 nitrogen and oxygen atoms in total.